The van der Waals surface area contributed by atoms with Crippen LogP contribution < -0.4 is 5.73 Å². The van der Waals surface area contributed by atoms with Gasteiger partial charge in [0.1, 0.15) is 5.82 Å². The van der Waals surface area contributed by atoms with Crippen molar-refractivity contribution in [2.24, 2.45) is 5.92 Å². The molecule has 1 saturated heterocycles. The molecule has 1 aliphatic carbocycles. The number of likely N-dealkylation sites (tertiary alicyclic amines) is 1. The lowest BCUT2D eigenvalue weighted by atomic mass is 9.78. The van der Waals surface area contributed by atoms with Crippen molar-refractivity contribution in [1.82, 2.24) is 19.9 Å². The molecule has 2 aliphatic rings. The monoisotopic (exact) mass is 518 g/mol. The first-order valence-electron chi connectivity index (χ1n) is 13.5. The Morgan fingerprint density at radius 2 is 1.92 bits per heavy atom. The smallest absolute Gasteiger partial charge is 0.220 e. The van der Waals surface area contributed by atoms with Gasteiger partial charge in [-0.2, -0.15) is 0 Å². The maximum atomic E-state index is 13.9. The van der Waals surface area contributed by atoms with Gasteiger partial charge in [-0.25, -0.2) is 14.4 Å². The van der Waals surface area contributed by atoms with Crippen molar-refractivity contribution in [3.8, 4) is 11.1 Å². The van der Waals surface area contributed by atoms with Crippen molar-refractivity contribution >= 4 is 11.7 Å². The molecule has 5 rings (SSSR count). The van der Waals surface area contributed by atoms with Crippen LogP contribution in [0, 0.1) is 24.1 Å². The number of halogens is 1. The average molecular weight is 519 g/mol. The van der Waals surface area contributed by atoms with E-state index < -0.39 is 0 Å². The van der Waals surface area contributed by atoms with Crippen LogP contribution in [0.5, 0.6) is 0 Å². The molecule has 0 spiro atoms. The van der Waals surface area contributed by atoms with E-state index >= 15 is 0 Å². The van der Waals surface area contributed by atoms with E-state index in [1.807, 2.05) is 19.1 Å². The van der Waals surface area contributed by atoms with Crippen molar-refractivity contribution in [1.29, 1.82) is 5.41 Å². The van der Waals surface area contributed by atoms with Gasteiger partial charge in [-0.15, -0.1) is 0 Å². The van der Waals surface area contributed by atoms with E-state index in [1.165, 1.54) is 38.1 Å². The molecule has 0 bridgehead atoms. The maximum absolute atomic E-state index is 13.9. The lowest BCUT2D eigenvalue weighted by molar-refractivity contribution is 0.133. The molecular weight excluding hydrogens is 479 g/mol. The number of nitrogens with one attached hydrogen (secondary N) is 1. The van der Waals surface area contributed by atoms with Gasteiger partial charge in [-0.3, -0.25) is 4.98 Å². The van der Waals surface area contributed by atoms with Crippen LogP contribution in [-0.4, -0.2) is 56.4 Å². The van der Waals surface area contributed by atoms with Crippen LogP contribution in [0.3, 0.4) is 0 Å². The van der Waals surface area contributed by atoms with Crippen LogP contribution >= 0.6 is 0 Å². The number of aliphatic hydroxyl groups is 1. The molecule has 3 heterocycles. The highest BCUT2D eigenvalue weighted by atomic mass is 19.1. The fourth-order valence-corrected chi connectivity index (χ4v) is 5.67. The summed E-state index contributed by atoms with van der Waals surface area (Å²) in [6.45, 7) is 9.18. The first-order chi connectivity index (χ1) is 18.3. The van der Waals surface area contributed by atoms with E-state index in [2.05, 4.69) is 33.7 Å². The van der Waals surface area contributed by atoms with E-state index in [-0.39, 0.29) is 17.7 Å². The lowest BCUT2D eigenvalue weighted by Crippen LogP contribution is -2.38. The predicted octanol–water partition coefficient (Wildman–Crippen LogP) is 5.16. The van der Waals surface area contributed by atoms with Crippen molar-refractivity contribution in [2.75, 3.05) is 25.4 Å². The fourth-order valence-electron chi connectivity index (χ4n) is 5.67. The Hall–Kier alpha value is -3.23. The molecule has 1 aliphatic heterocycles. The van der Waals surface area contributed by atoms with Crippen LogP contribution in [0.1, 0.15) is 68.0 Å². The lowest BCUT2D eigenvalue weighted by Gasteiger charge is -2.34. The summed E-state index contributed by atoms with van der Waals surface area (Å²) in [5.41, 5.74) is 11.3. The topological polar surface area (TPSA) is 112 Å². The van der Waals surface area contributed by atoms with Gasteiger partial charge in [0.2, 0.25) is 5.95 Å². The first kappa shape index (κ1) is 27.8. The molecule has 1 unspecified atom stereocenters. The zero-order valence-corrected chi connectivity index (χ0v) is 22.6. The van der Waals surface area contributed by atoms with Gasteiger partial charge >= 0.3 is 0 Å². The number of nitrogen functional groups attached to an aromatic ring is 1. The molecule has 202 valence electrons. The fraction of sp³-hybridized carbons (Fsp3) is 0.467. The van der Waals surface area contributed by atoms with E-state index in [1.54, 1.807) is 18.5 Å². The molecule has 0 amide bonds. The minimum absolute atomic E-state index is 0.0273. The van der Waals surface area contributed by atoms with Gasteiger partial charge in [0.15, 0.2) is 0 Å². The van der Waals surface area contributed by atoms with Crippen LogP contribution in [0.4, 0.5) is 10.3 Å². The van der Waals surface area contributed by atoms with Gasteiger partial charge in [0, 0.05) is 41.9 Å². The molecule has 1 atom stereocenters. The third kappa shape index (κ3) is 6.60. The van der Waals surface area contributed by atoms with Crippen LogP contribution in [0.15, 0.2) is 42.7 Å². The summed E-state index contributed by atoms with van der Waals surface area (Å²) in [6.07, 6.45) is 8.18. The Kier molecular flexibility index (Phi) is 9.17. The minimum Gasteiger partial charge on any atom is -0.396 e. The standard InChI is InChI=1S/C20H18FN5.C10H21NO/c1-11-19-17(22)7-13(8-18(19)26-20(23)25-11)15-5-4-14(21)9-16(15)12-3-2-6-24-10-12;1-9(2)11-6-3-10(4-7-11)5-8-12/h2-6,9-10,13,22H,7-8H2,1H3,(H2,23,25,26);9-10,12H,3-8H2,1-2H3. The van der Waals surface area contributed by atoms with Crippen LogP contribution in [0.2, 0.25) is 0 Å². The number of benzene rings is 1. The minimum atomic E-state index is -0.290. The zero-order valence-electron chi connectivity index (χ0n) is 22.6. The van der Waals surface area contributed by atoms with Gasteiger partial charge < -0.3 is 21.1 Å². The number of pyridine rings is 1. The second-order valence-electron chi connectivity index (χ2n) is 10.6. The average Bonchev–Trinajstić information content (AvgIpc) is 2.89. The molecule has 8 heteroatoms. The quantitative estimate of drug-likeness (QED) is 0.430. The summed E-state index contributed by atoms with van der Waals surface area (Å²) in [4.78, 5) is 15.2. The van der Waals surface area contributed by atoms with Crippen LogP contribution in [-0.2, 0) is 6.42 Å². The van der Waals surface area contributed by atoms with Crippen molar-refractivity contribution in [3.05, 3.63) is 71.1 Å². The SMILES string of the molecule is CC(C)N1CCC(CCO)CC1.Cc1nc(N)nc2c1C(=N)CC(c1ccc(F)cc1-c1cccnc1)C2. The maximum Gasteiger partial charge on any atom is 0.220 e. The number of rotatable bonds is 5. The Bertz CT molecular complexity index is 1240. The summed E-state index contributed by atoms with van der Waals surface area (Å²) in [6, 6.07) is 9.24. The number of anilines is 1. The summed E-state index contributed by atoms with van der Waals surface area (Å²) < 4.78 is 13.9. The number of fused-ring (bicyclic) bond motifs is 1. The Balaban J connectivity index is 0.000000236. The van der Waals surface area contributed by atoms with Crippen molar-refractivity contribution in [3.63, 3.8) is 0 Å². The third-order valence-electron chi connectivity index (χ3n) is 7.72. The number of hydrogen-bond donors (Lipinski definition) is 3. The molecule has 4 N–H and O–H groups in total. The van der Waals surface area contributed by atoms with Gasteiger partial charge in [0.25, 0.3) is 0 Å². The number of aromatic nitrogens is 3. The Labute approximate surface area is 224 Å². The number of nitrogens with zero attached hydrogens (tertiary/aromatic N) is 4. The van der Waals surface area contributed by atoms with Gasteiger partial charge in [0.05, 0.1) is 11.4 Å². The number of piperidine rings is 1. The highest BCUT2D eigenvalue weighted by molar-refractivity contribution is 6.01. The zero-order chi connectivity index (χ0) is 27.2. The molecule has 38 heavy (non-hydrogen) atoms. The van der Waals surface area contributed by atoms with Gasteiger partial charge in [-0.05, 0) is 107 Å². The summed E-state index contributed by atoms with van der Waals surface area (Å²) in [5.74, 6) is 0.743. The molecule has 1 fully saturated rings. The largest absolute Gasteiger partial charge is 0.396 e. The Morgan fingerprint density at radius 1 is 1.16 bits per heavy atom. The van der Waals surface area contributed by atoms with E-state index in [0.717, 1.165) is 46.0 Å². The van der Waals surface area contributed by atoms with Crippen molar-refractivity contribution in [2.45, 2.75) is 64.8 Å². The summed E-state index contributed by atoms with van der Waals surface area (Å²) in [7, 11) is 0. The summed E-state index contributed by atoms with van der Waals surface area (Å²) in [5, 5.41) is 17.3. The molecule has 2 aromatic heterocycles. The van der Waals surface area contributed by atoms with Crippen LogP contribution in [0.25, 0.3) is 11.1 Å². The second-order valence-corrected chi connectivity index (χ2v) is 10.6. The first-order valence-corrected chi connectivity index (χ1v) is 13.5. The van der Waals surface area contributed by atoms with E-state index in [0.29, 0.717) is 31.2 Å². The highest BCUT2D eigenvalue weighted by Crippen LogP contribution is 2.38. The molecule has 3 aromatic rings. The summed E-state index contributed by atoms with van der Waals surface area (Å²) >= 11 is 0. The molecular formula is C30H39FN6O. The Morgan fingerprint density at radius 3 is 2.58 bits per heavy atom. The normalized spacial score (nSPS) is 18.2. The molecule has 1 aromatic carbocycles. The second kappa shape index (κ2) is 12.5. The molecule has 0 saturated carbocycles. The van der Waals surface area contributed by atoms with E-state index in [9.17, 15) is 4.39 Å². The number of hydrogen-bond acceptors (Lipinski definition) is 7. The number of aryl methyl sites for hydroxylation is 1. The number of nitrogens with two attached hydrogens (primary N) is 1. The van der Waals surface area contributed by atoms with Gasteiger partial charge in [-0.1, -0.05) is 12.1 Å². The molecule has 7 nitrogen and oxygen atoms in total. The predicted molar refractivity (Wildman–Crippen MR) is 150 cm³/mol. The highest BCUT2D eigenvalue weighted by Gasteiger charge is 2.29. The molecule has 0 radical (unpaired) electrons. The third-order valence-corrected chi connectivity index (χ3v) is 7.72. The number of aliphatic hydroxyl groups excluding tert-OH is 1. The van der Waals surface area contributed by atoms with E-state index in [4.69, 9.17) is 16.2 Å². The van der Waals surface area contributed by atoms with Crippen molar-refractivity contribution < 1.29 is 9.50 Å².